The number of nitrogens with zero attached hydrogens (tertiary/aromatic N) is 4. The Morgan fingerprint density at radius 2 is 2.05 bits per heavy atom. The van der Waals surface area contributed by atoms with E-state index in [2.05, 4.69) is 62.7 Å². The van der Waals surface area contributed by atoms with Crippen molar-refractivity contribution in [3.05, 3.63) is 9.47 Å². The molecule has 1 unspecified atom stereocenters. The van der Waals surface area contributed by atoms with Gasteiger partial charge in [-0.25, -0.2) is 9.48 Å². The number of hydrogen-bond acceptors (Lipinski definition) is 3. The molecule has 0 aliphatic carbocycles. The summed E-state index contributed by atoms with van der Waals surface area (Å²) in [6.45, 7) is 9.00. The Labute approximate surface area is 135 Å². The van der Waals surface area contributed by atoms with Crippen LogP contribution in [0, 0.1) is 5.41 Å². The number of hydrogen-bond donors (Lipinski definition) is 1. The molecule has 0 aliphatic heterocycles. The van der Waals surface area contributed by atoms with Crippen LogP contribution in [-0.4, -0.2) is 43.5 Å². The minimum Gasteiger partial charge on any atom is -0.465 e. The first-order valence-electron chi connectivity index (χ1n) is 6.42. The number of carboxylic acid groups (broad SMARTS) is 1. The second-order valence-electron chi connectivity index (χ2n) is 5.64. The van der Waals surface area contributed by atoms with Crippen LogP contribution in [0.3, 0.4) is 0 Å². The van der Waals surface area contributed by atoms with E-state index >= 15 is 0 Å². The Hall–Kier alpha value is -0.630. The molecule has 114 valence electrons. The summed E-state index contributed by atoms with van der Waals surface area (Å²) in [6, 6.07) is -0.0364. The van der Waals surface area contributed by atoms with Crippen LogP contribution in [0.1, 0.15) is 34.1 Å². The van der Waals surface area contributed by atoms with Crippen molar-refractivity contribution >= 4 is 38.0 Å². The van der Waals surface area contributed by atoms with E-state index in [1.165, 1.54) is 4.90 Å². The molecule has 8 heteroatoms. The fourth-order valence-electron chi connectivity index (χ4n) is 2.33. The summed E-state index contributed by atoms with van der Waals surface area (Å²) in [4.78, 5) is 17.1. The predicted octanol–water partition coefficient (Wildman–Crippen LogP) is 3.61. The molecular formula is C12H20Br2N4O2. The molecule has 1 aromatic rings. The zero-order valence-electron chi connectivity index (χ0n) is 12.1. The lowest BCUT2D eigenvalue weighted by Crippen LogP contribution is -2.47. The molecule has 1 aromatic heterocycles. The van der Waals surface area contributed by atoms with Crippen molar-refractivity contribution in [2.24, 2.45) is 5.41 Å². The number of amides is 1. The topological polar surface area (TPSA) is 71.2 Å². The quantitative estimate of drug-likeness (QED) is 0.803. The highest BCUT2D eigenvalue weighted by Crippen LogP contribution is 2.27. The van der Waals surface area contributed by atoms with Crippen molar-refractivity contribution in [1.29, 1.82) is 0 Å². The van der Waals surface area contributed by atoms with E-state index in [4.69, 9.17) is 0 Å². The normalized spacial score (nSPS) is 13.3. The summed E-state index contributed by atoms with van der Waals surface area (Å²) in [6.07, 6.45) is -0.125. The van der Waals surface area contributed by atoms with Crippen molar-refractivity contribution in [3.63, 3.8) is 0 Å². The molecule has 1 heterocycles. The summed E-state index contributed by atoms with van der Waals surface area (Å²) < 4.78 is 2.70. The summed E-state index contributed by atoms with van der Waals surface area (Å²) in [5.41, 5.74) is -0.104. The van der Waals surface area contributed by atoms with Gasteiger partial charge in [0.2, 0.25) is 4.73 Å². The number of halogens is 2. The Bertz CT molecular complexity index is 471. The van der Waals surface area contributed by atoms with E-state index < -0.39 is 6.09 Å². The van der Waals surface area contributed by atoms with Crippen molar-refractivity contribution in [2.75, 3.05) is 6.54 Å². The summed E-state index contributed by atoms with van der Waals surface area (Å²) in [7, 11) is 0. The second-order valence-corrected chi connectivity index (χ2v) is 7.06. The average Bonchev–Trinajstić information content (AvgIpc) is 2.60. The van der Waals surface area contributed by atoms with E-state index in [9.17, 15) is 9.90 Å². The molecule has 1 N–H and O–H groups in total. The molecule has 0 bridgehead atoms. The molecule has 0 spiro atoms. The maximum Gasteiger partial charge on any atom is 0.407 e. The largest absolute Gasteiger partial charge is 0.465 e. The van der Waals surface area contributed by atoms with Crippen LogP contribution >= 0.6 is 31.9 Å². The van der Waals surface area contributed by atoms with Gasteiger partial charge in [-0.05, 0) is 43.7 Å². The van der Waals surface area contributed by atoms with Crippen molar-refractivity contribution in [2.45, 2.75) is 46.7 Å². The van der Waals surface area contributed by atoms with Crippen LogP contribution in [0.4, 0.5) is 4.79 Å². The van der Waals surface area contributed by atoms with Gasteiger partial charge in [0.25, 0.3) is 0 Å². The van der Waals surface area contributed by atoms with Gasteiger partial charge in [0.15, 0.2) is 4.73 Å². The molecule has 0 saturated carbocycles. The van der Waals surface area contributed by atoms with Crippen molar-refractivity contribution in [3.8, 4) is 0 Å². The third-order valence-corrected chi connectivity index (χ3v) is 4.08. The lowest BCUT2D eigenvalue weighted by molar-refractivity contribution is 0.0769. The van der Waals surface area contributed by atoms with E-state index in [0.29, 0.717) is 22.6 Å². The first-order valence-corrected chi connectivity index (χ1v) is 8.00. The number of aromatic nitrogens is 3. The van der Waals surface area contributed by atoms with Crippen LogP contribution in [0.25, 0.3) is 0 Å². The predicted molar refractivity (Wildman–Crippen MR) is 83.7 cm³/mol. The lowest BCUT2D eigenvalue weighted by Gasteiger charge is -2.38. The van der Waals surface area contributed by atoms with Gasteiger partial charge < -0.3 is 10.0 Å². The summed E-state index contributed by atoms with van der Waals surface area (Å²) in [5, 5.41) is 13.6. The van der Waals surface area contributed by atoms with Gasteiger partial charge in [0.05, 0.1) is 6.54 Å². The van der Waals surface area contributed by atoms with Gasteiger partial charge in [-0.3, -0.25) is 0 Å². The van der Waals surface area contributed by atoms with E-state index in [1.54, 1.807) is 4.68 Å². The third kappa shape index (κ3) is 4.44. The smallest absolute Gasteiger partial charge is 0.407 e. The zero-order valence-corrected chi connectivity index (χ0v) is 15.3. The van der Waals surface area contributed by atoms with Gasteiger partial charge >= 0.3 is 6.09 Å². The first-order chi connectivity index (χ1) is 9.16. The molecule has 1 atom stereocenters. The van der Waals surface area contributed by atoms with Gasteiger partial charge in [0, 0.05) is 12.6 Å². The van der Waals surface area contributed by atoms with Gasteiger partial charge in [-0.2, -0.15) is 4.98 Å². The minimum atomic E-state index is -0.901. The molecule has 0 aromatic carbocycles. The standard InChI is InChI=1S/C12H20Br2N4O2/c1-5-8(12(2,3)4)17(11(19)20)6-7-18-10(14)15-9(13)16-18/h8H,5-7H2,1-4H3,(H,19,20). The monoisotopic (exact) mass is 410 g/mol. The Kier molecular flexibility index (Phi) is 6.00. The van der Waals surface area contributed by atoms with Gasteiger partial charge in [-0.15, -0.1) is 5.10 Å². The summed E-state index contributed by atoms with van der Waals surface area (Å²) in [5.74, 6) is 0. The lowest BCUT2D eigenvalue weighted by atomic mass is 9.84. The zero-order chi connectivity index (χ0) is 15.5. The van der Waals surface area contributed by atoms with Crippen LogP contribution < -0.4 is 0 Å². The maximum atomic E-state index is 11.5. The van der Waals surface area contributed by atoms with Gasteiger partial charge in [-0.1, -0.05) is 27.7 Å². The van der Waals surface area contributed by atoms with Crippen LogP contribution in [0.2, 0.25) is 0 Å². The number of carbonyl (C=O) groups is 1. The molecule has 1 rings (SSSR count). The van der Waals surface area contributed by atoms with Crippen LogP contribution in [-0.2, 0) is 6.54 Å². The van der Waals surface area contributed by atoms with E-state index in [0.717, 1.165) is 6.42 Å². The average molecular weight is 412 g/mol. The minimum absolute atomic E-state index is 0.0364. The number of rotatable bonds is 5. The Morgan fingerprint density at radius 3 is 2.40 bits per heavy atom. The first kappa shape index (κ1) is 17.4. The van der Waals surface area contributed by atoms with Crippen molar-refractivity contribution in [1.82, 2.24) is 19.7 Å². The fraction of sp³-hybridized carbons (Fsp3) is 0.750. The van der Waals surface area contributed by atoms with Crippen LogP contribution in [0.15, 0.2) is 9.47 Å². The molecule has 20 heavy (non-hydrogen) atoms. The highest BCUT2D eigenvalue weighted by molar-refractivity contribution is 9.11. The molecular weight excluding hydrogens is 392 g/mol. The third-order valence-electron chi connectivity index (χ3n) is 3.16. The molecule has 0 fully saturated rings. The van der Waals surface area contributed by atoms with Crippen molar-refractivity contribution < 1.29 is 9.90 Å². The van der Waals surface area contributed by atoms with Gasteiger partial charge in [0.1, 0.15) is 0 Å². The molecule has 6 nitrogen and oxygen atoms in total. The molecule has 0 aliphatic rings. The molecule has 0 radical (unpaired) electrons. The van der Waals surface area contributed by atoms with E-state index in [-0.39, 0.29) is 11.5 Å². The molecule has 1 amide bonds. The second kappa shape index (κ2) is 6.89. The van der Waals surface area contributed by atoms with E-state index in [1.807, 2.05) is 6.92 Å². The van der Waals surface area contributed by atoms with Crippen LogP contribution in [0.5, 0.6) is 0 Å². The highest BCUT2D eigenvalue weighted by atomic mass is 79.9. The maximum absolute atomic E-state index is 11.5. The Morgan fingerprint density at radius 1 is 1.45 bits per heavy atom. The summed E-state index contributed by atoms with van der Waals surface area (Å²) >= 11 is 6.48. The Balaban J connectivity index is 2.83. The highest BCUT2D eigenvalue weighted by Gasteiger charge is 2.31. The SMILES string of the molecule is CCC(N(CCn1nc(Br)nc1Br)C(=O)O)C(C)(C)C. The molecule has 0 saturated heterocycles. The fourth-order valence-corrected chi connectivity index (χ4v) is 3.35.